The van der Waals surface area contributed by atoms with E-state index in [-0.39, 0.29) is 17.7 Å². The standard InChI is InChI=1S/C16H23N3O2/c1-12(20)19(2)11-13-5-3-7-15(9-13)18-16(21)14-6-4-8-17-10-14/h3,5,7,9,14,17H,4,6,8,10-11H2,1-2H3,(H,18,21). The summed E-state index contributed by atoms with van der Waals surface area (Å²) >= 11 is 0. The van der Waals surface area contributed by atoms with Gasteiger partial charge in [0.2, 0.25) is 11.8 Å². The summed E-state index contributed by atoms with van der Waals surface area (Å²) < 4.78 is 0. The van der Waals surface area contributed by atoms with Crippen LogP contribution in [0.1, 0.15) is 25.3 Å². The number of anilines is 1. The summed E-state index contributed by atoms with van der Waals surface area (Å²) in [6, 6.07) is 7.66. The van der Waals surface area contributed by atoms with Crippen LogP contribution in [0.25, 0.3) is 0 Å². The molecule has 1 aliphatic rings. The number of rotatable bonds is 4. The van der Waals surface area contributed by atoms with Gasteiger partial charge in [0, 0.05) is 32.7 Å². The van der Waals surface area contributed by atoms with Gasteiger partial charge in [0.15, 0.2) is 0 Å². The number of carbonyl (C=O) groups excluding carboxylic acids is 2. The minimum Gasteiger partial charge on any atom is -0.342 e. The molecule has 1 aromatic carbocycles. The molecule has 5 heteroatoms. The molecule has 1 atom stereocenters. The molecule has 21 heavy (non-hydrogen) atoms. The highest BCUT2D eigenvalue weighted by molar-refractivity contribution is 5.92. The van der Waals surface area contributed by atoms with E-state index in [1.807, 2.05) is 24.3 Å². The van der Waals surface area contributed by atoms with Crippen molar-refractivity contribution >= 4 is 17.5 Å². The second kappa shape index (κ2) is 7.22. The first-order valence-corrected chi connectivity index (χ1v) is 7.38. The first-order valence-electron chi connectivity index (χ1n) is 7.38. The summed E-state index contributed by atoms with van der Waals surface area (Å²) in [7, 11) is 1.77. The summed E-state index contributed by atoms with van der Waals surface area (Å²) in [4.78, 5) is 25.1. The lowest BCUT2D eigenvalue weighted by Crippen LogP contribution is -2.37. The molecule has 1 aliphatic heterocycles. The highest BCUT2D eigenvalue weighted by Crippen LogP contribution is 2.16. The molecule has 0 aliphatic carbocycles. The van der Waals surface area contributed by atoms with E-state index in [1.165, 1.54) is 0 Å². The van der Waals surface area contributed by atoms with Gasteiger partial charge in [0.25, 0.3) is 0 Å². The molecule has 1 aromatic rings. The van der Waals surface area contributed by atoms with Crippen LogP contribution in [-0.4, -0.2) is 36.9 Å². The molecule has 0 spiro atoms. The third-order valence-corrected chi connectivity index (χ3v) is 3.82. The molecule has 114 valence electrons. The first-order chi connectivity index (χ1) is 10.1. The fourth-order valence-electron chi connectivity index (χ4n) is 2.45. The van der Waals surface area contributed by atoms with E-state index in [2.05, 4.69) is 10.6 Å². The van der Waals surface area contributed by atoms with E-state index in [4.69, 9.17) is 0 Å². The Morgan fingerprint density at radius 1 is 1.43 bits per heavy atom. The number of hydrogen-bond donors (Lipinski definition) is 2. The SMILES string of the molecule is CC(=O)N(C)Cc1cccc(NC(=O)C2CCCNC2)c1. The van der Waals surface area contributed by atoms with Crippen LogP contribution in [0, 0.1) is 5.92 Å². The Morgan fingerprint density at radius 2 is 2.24 bits per heavy atom. The van der Waals surface area contributed by atoms with Crippen LogP contribution >= 0.6 is 0 Å². The van der Waals surface area contributed by atoms with E-state index >= 15 is 0 Å². The van der Waals surface area contributed by atoms with Gasteiger partial charge in [-0.1, -0.05) is 12.1 Å². The Balaban J connectivity index is 1.97. The minimum absolute atomic E-state index is 0.0257. The molecule has 1 saturated heterocycles. The largest absolute Gasteiger partial charge is 0.342 e. The van der Waals surface area contributed by atoms with Crippen molar-refractivity contribution < 1.29 is 9.59 Å². The third-order valence-electron chi connectivity index (χ3n) is 3.82. The van der Waals surface area contributed by atoms with Gasteiger partial charge in [0.05, 0.1) is 5.92 Å². The van der Waals surface area contributed by atoms with Crippen LogP contribution in [0.3, 0.4) is 0 Å². The average molecular weight is 289 g/mol. The number of amides is 2. The zero-order valence-corrected chi connectivity index (χ0v) is 12.7. The topological polar surface area (TPSA) is 61.4 Å². The molecule has 1 fully saturated rings. The van der Waals surface area contributed by atoms with E-state index in [0.717, 1.165) is 37.2 Å². The molecule has 2 rings (SSSR count). The highest BCUT2D eigenvalue weighted by Gasteiger charge is 2.20. The van der Waals surface area contributed by atoms with Crippen molar-refractivity contribution in [2.75, 3.05) is 25.5 Å². The second-order valence-corrected chi connectivity index (χ2v) is 5.61. The highest BCUT2D eigenvalue weighted by atomic mass is 16.2. The summed E-state index contributed by atoms with van der Waals surface area (Å²) in [5, 5.41) is 6.22. The number of benzene rings is 1. The van der Waals surface area contributed by atoms with Crippen molar-refractivity contribution in [2.45, 2.75) is 26.3 Å². The lowest BCUT2D eigenvalue weighted by Gasteiger charge is -2.22. The monoisotopic (exact) mass is 289 g/mol. The zero-order valence-electron chi connectivity index (χ0n) is 12.7. The van der Waals surface area contributed by atoms with Gasteiger partial charge in [-0.25, -0.2) is 0 Å². The normalized spacial score (nSPS) is 18.1. The maximum Gasteiger partial charge on any atom is 0.228 e. The van der Waals surface area contributed by atoms with Crippen molar-refractivity contribution in [3.63, 3.8) is 0 Å². The molecule has 1 heterocycles. The van der Waals surface area contributed by atoms with Crippen LogP contribution in [0.15, 0.2) is 24.3 Å². The van der Waals surface area contributed by atoms with Crippen molar-refractivity contribution in [1.82, 2.24) is 10.2 Å². The molecule has 0 bridgehead atoms. The summed E-state index contributed by atoms with van der Waals surface area (Å²) in [6.45, 7) is 3.83. The molecule has 0 saturated carbocycles. The van der Waals surface area contributed by atoms with Crippen molar-refractivity contribution in [3.8, 4) is 0 Å². The fourth-order valence-corrected chi connectivity index (χ4v) is 2.45. The Morgan fingerprint density at radius 3 is 2.90 bits per heavy atom. The lowest BCUT2D eigenvalue weighted by molar-refractivity contribution is -0.128. The Labute approximate surface area is 125 Å². The molecular formula is C16H23N3O2. The molecule has 2 N–H and O–H groups in total. The van der Waals surface area contributed by atoms with Crippen molar-refractivity contribution in [2.24, 2.45) is 5.92 Å². The van der Waals surface area contributed by atoms with Gasteiger partial charge >= 0.3 is 0 Å². The van der Waals surface area contributed by atoms with E-state index in [0.29, 0.717) is 6.54 Å². The van der Waals surface area contributed by atoms with Crippen molar-refractivity contribution in [1.29, 1.82) is 0 Å². The van der Waals surface area contributed by atoms with E-state index in [9.17, 15) is 9.59 Å². The molecule has 5 nitrogen and oxygen atoms in total. The van der Waals surface area contributed by atoms with Crippen LogP contribution in [-0.2, 0) is 16.1 Å². The predicted molar refractivity (Wildman–Crippen MR) is 82.8 cm³/mol. The molecule has 0 radical (unpaired) electrons. The van der Waals surface area contributed by atoms with Gasteiger partial charge < -0.3 is 15.5 Å². The molecule has 0 aromatic heterocycles. The molecule has 1 unspecified atom stereocenters. The van der Waals surface area contributed by atoms with Gasteiger partial charge in [-0.2, -0.15) is 0 Å². The van der Waals surface area contributed by atoms with Crippen molar-refractivity contribution in [3.05, 3.63) is 29.8 Å². The second-order valence-electron chi connectivity index (χ2n) is 5.61. The van der Waals surface area contributed by atoms with Gasteiger partial charge in [-0.3, -0.25) is 9.59 Å². The number of piperidine rings is 1. The van der Waals surface area contributed by atoms with Gasteiger partial charge in [0.1, 0.15) is 0 Å². The molecular weight excluding hydrogens is 266 g/mol. The quantitative estimate of drug-likeness (QED) is 0.885. The Hall–Kier alpha value is -1.88. The first kappa shape index (κ1) is 15.5. The maximum absolute atomic E-state index is 12.2. The minimum atomic E-state index is 0.0257. The van der Waals surface area contributed by atoms with Crippen LogP contribution in [0.5, 0.6) is 0 Å². The number of hydrogen-bond acceptors (Lipinski definition) is 3. The summed E-state index contributed by atoms with van der Waals surface area (Å²) in [6.07, 6.45) is 1.98. The predicted octanol–water partition coefficient (Wildman–Crippen LogP) is 1.60. The van der Waals surface area contributed by atoms with E-state index in [1.54, 1.807) is 18.9 Å². The maximum atomic E-state index is 12.2. The van der Waals surface area contributed by atoms with Crippen LogP contribution in [0.2, 0.25) is 0 Å². The Kier molecular flexibility index (Phi) is 5.33. The van der Waals surface area contributed by atoms with Gasteiger partial charge in [-0.05, 0) is 37.1 Å². The summed E-state index contributed by atoms with van der Waals surface area (Å²) in [5.41, 5.74) is 1.80. The lowest BCUT2D eigenvalue weighted by atomic mass is 9.99. The third kappa shape index (κ3) is 4.56. The van der Waals surface area contributed by atoms with Crippen LogP contribution < -0.4 is 10.6 Å². The van der Waals surface area contributed by atoms with Crippen LogP contribution in [0.4, 0.5) is 5.69 Å². The smallest absolute Gasteiger partial charge is 0.228 e. The Bertz CT molecular complexity index is 510. The van der Waals surface area contributed by atoms with Gasteiger partial charge in [-0.15, -0.1) is 0 Å². The zero-order chi connectivity index (χ0) is 15.2. The average Bonchev–Trinajstić information content (AvgIpc) is 2.48. The molecule has 2 amide bonds. The fraction of sp³-hybridized carbons (Fsp3) is 0.500. The number of carbonyl (C=O) groups is 2. The summed E-state index contributed by atoms with van der Waals surface area (Å²) in [5.74, 6) is 0.138. The number of nitrogens with zero attached hydrogens (tertiary/aromatic N) is 1. The van der Waals surface area contributed by atoms with E-state index < -0.39 is 0 Å². The number of nitrogens with one attached hydrogen (secondary N) is 2.